The summed E-state index contributed by atoms with van der Waals surface area (Å²) >= 11 is 1.90. The van der Waals surface area contributed by atoms with Gasteiger partial charge in [-0.2, -0.15) is 0 Å². The van der Waals surface area contributed by atoms with Gasteiger partial charge in [-0.25, -0.2) is 0 Å². The Balaban J connectivity index is 1.05. The van der Waals surface area contributed by atoms with Crippen LogP contribution in [0.15, 0.2) is 237 Å². The summed E-state index contributed by atoms with van der Waals surface area (Å²) in [6.45, 7) is 0. The van der Waals surface area contributed by atoms with E-state index in [4.69, 9.17) is 0 Å². The first kappa shape index (κ1) is 35.4. The van der Waals surface area contributed by atoms with Gasteiger partial charge in [0.05, 0.1) is 15.8 Å². The first-order valence-electron chi connectivity index (χ1n) is 21.0. The van der Waals surface area contributed by atoms with Crippen molar-refractivity contribution < 1.29 is 0 Å². The highest BCUT2D eigenvalue weighted by Gasteiger charge is 2.46. The lowest BCUT2D eigenvalue weighted by Gasteiger charge is -2.33. The monoisotopic (exact) mass is 793 g/mol. The van der Waals surface area contributed by atoms with Gasteiger partial charge in [-0.05, 0) is 103 Å². The molecule has 1 aromatic heterocycles. The molecule has 0 N–H and O–H groups in total. The Hall–Kier alpha value is -7.52. The minimum atomic E-state index is -0.427. The van der Waals surface area contributed by atoms with Crippen LogP contribution in [0.25, 0.3) is 64.3 Å². The van der Waals surface area contributed by atoms with Crippen molar-refractivity contribution >= 4 is 59.3 Å². The SMILES string of the molecule is c1ccc(-c2cccc(N(c3cccc(-c4ccc5c(c4)-c4ccccc4C5(c4ccccc4)c4ccccc4)c3)c3cccc4c3sc3c5ccccc5ccc43)c2)cc1. The van der Waals surface area contributed by atoms with E-state index >= 15 is 0 Å². The number of rotatable bonds is 7. The molecule has 11 aromatic rings. The van der Waals surface area contributed by atoms with Crippen LogP contribution in [-0.4, -0.2) is 0 Å². The van der Waals surface area contributed by atoms with Gasteiger partial charge in [0.25, 0.3) is 0 Å². The van der Waals surface area contributed by atoms with Gasteiger partial charge in [0.2, 0.25) is 0 Å². The van der Waals surface area contributed by atoms with E-state index in [-0.39, 0.29) is 0 Å². The highest BCUT2D eigenvalue weighted by atomic mass is 32.1. The van der Waals surface area contributed by atoms with Gasteiger partial charge in [0.1, 0.15) is 0 Å². The van der Waals surface area contributed by atoms with Crippen molar-refractivity contribution in [2.45, 2.75) is 5.41 Å². The molecule has 0 amide bonds. The number of anilines is 3. The lowest BCUT2D eigenvalue weighted by molar-refractivity contribution is 0.768. The fraction of sp³-hybridized carbons (Fsp3) is 0.0169. The number of hydrogen-bond acceptors (Lipinski definition) is 2. The van der Waals surface area contributed by atoms with E-state index in [0.29, 0.717) is 0 Å². The summed E-state index contributed by atoms with van der Waals surface area (Å²) in [5.74, 6) is 0. The minimum Gasteiger partial charge on any atom is -0.309 e. The Morgan fingerprint density at radius 2 is 0.869 bits per heavy atom. The normalized spacial score (nSPS) is 12.7. The van der Waals surface area contributed by atoms with Gasteiger partial charge < -0.3 is 4.90 Å². The fourth-order valence-corrected chi connectivity index (χ4v) is 11.4. The molecule has 0 atom stereocenters. The summed E-state index contributed by atoms with van der Waals surface area (Å²) in [5, 5.41) is 5.15. The zero-order chi connectivity index (χ0) is 40.3. The lowest BCUT2D eigenvalue weighted by Crippen LogP contribution is -2.28. The third-order valence-electron chi connectivity index (χ3n) is 12.7. The molecule has 0 fully saturated rings. The molecular weight excluding hydrogens is 755 g/mol. The van der Waals surface area contributed by atoms with Crippen LogP contribution in [0.4, 0.5) is 17.1 Å². The average Bonchev–Trinajstić information content (AvgIpc) is 3.87. The lowest BCUT2D eigenvalue weighted by atomic mass is 9.67. The van der Waals surface area contributed by atoms with Crippen LogP contribution < -0.4 is 4.90 Å². The van der Waals surface area contributed by atoms with Gasteiger partial charge in [-0.1, -0.05) is 200 Å². The van der Waals surface area contributed by atoms with E-state index in [9.17, 15) is 0 Å². The summed E-state index contributed by atoms with van der Waals surface area (Å²) < 4.78 is 2.60. The van der Waals surface area contributed by atoms with Crippen LogP contribution in [-0.2, 0) is 5.41 Å². The second-order valence-corrected chi connectivity index (χ2v) is 17.0. The second-order valence-electron chi connectivity index (χ2n) is 16.0. The molecule has 0 bridgehead atoms. The molecule has 0 aliphatic heterocycles. The summed E-state index contributed by atoms with van der Waals surface area (Å²) in [6.07, 6.45) is 0. The van der Waals surface area contributed by atoms with Crippen LogP contribution in [0, 0.1) is 0 Å². The smallest absolute Gasteiger partial charge is 0.0713 e. The fourth-order valence-electron chi connectivity index (χ4n) is 10.0. The van der Waals surface area contributed by atoms with Gasteiger partial charge in [0, 0.05) is 26.8 Å². The van der Waals surface area contributed by atoms with Crippen molar-refractivity contribution in [3.63, 3.8) is 0 Å². The molecule has 0 saturated carbocycles. The van der Waals surface area contributed by atoms with E-state index < -0.39 is 5.41 Å². The summed E-state index contributed by atoms with van der Waals surface area (Å²) in [7, 11) is 0. The molecule has 12 rings (SSSR count). The number of benzene rings is 10. The van der Waals surface area contributed by atoms with E-state index in [1.807, 2.05) is 11.3 Å². The predicted molar refractivity (Wildman–Crippen MR) is 260 cm³/mol. The van der Waals surface area contributed by atoms with Crippen molar-refractivity contribution in [1.82, 2.24) is 0 Å². The van der Waals surface area contributed by atoms with E-state index in [0.717, 1.165) is 11.4 Å². The average molecular weight is 794 g/mol. The molecule has 0 radical (unpaired) electrons. The maximum absolute atomic E-state index is 2.47. The standard InChI is InChI=1S/C59H39NS/c1-4-17-40(18-5-1)42-20-14-26-47(37-42)60(56-32-16-30-51-52-35-33-41-19-10-11-28-49(41)57(52)61-58(51)56)48-27-15-21-43(38-48)44-34-36-55-53(39-44)50-29-12-13-31-54(50)59(55,45-22-6-2-7-23-45)46-24-8-3-9-25-46/h1-39H. The molecule has 1 heterocycles. The van der Waals surface area contributed by atoms with E-state index in [1.165, 1.54) is 92.3 Å². The molecule has 1 aliphatic rings. The predicted octanol–water partition coefficient (Wildman–Crippen LogP) is 16.4. The Morgan fingerprint density at radius 3 is 1.61 bits per heavy atom. The van der Waals surface area contributed by atoms with Crippen LogP contribution in [0.5, 0.6) is 0 Å². The van der Waals surface area contributed by atoms with Crippen molar-refractivity contribution in [3.05, 3.63) is 259 Å². The zero-order valence-corrected chi connectivity index (χ0v) is 34.2. The third-order valence-corrected chi connectivity index (χ3v) is 14.0. The molecule has 1 nitrogen and oxygen atoms in total. The van der Waals surface area contributed by atoms with Crippen LogP contribution >= 0.6 is 11.3 Å². The van der Waals surface area contributed by atoms with Gasteiger partial charge in [-0.3, -0.25) is 0 Å². The van der Waals surface area contributed by atoms with Crippen LogP contribution in [0.2, 0.25) is 0 Å². The van der Waals surface area contributed by atoms with Crippen LogP contribution in [0.3, 0.4) is 0 Å². The first-order valence-corrected chi connectivity index (χ1v) is 21.8. The number of nitrogens with zero attached hydrogens (tertiary/aromatic N) is 1. The first-order chi connectivity index (χ1) is 30.3. The largest absolute Gasteiger partial charge is 0.309 e. The summed E-state index contributed by atoms with van der Waals surface area (Å²) in [4.78, 5) is 2.47. The maximum atomic E-state index is 2.47. The van der Waals surface area contributed by atoms with Gasteiger partial charge in [0.15, 0.2) is 0 Å². The molecule has 286 valence electrons. The van der Waals surface area contributed by atoms with Crippen molar-refractivity contribution in [3.8, 4) is 33.4 Å². The van der Waals surface area contributed by atoms with Gasteiger partial charge in [-0.15, -0.1) is 11.3 Å². The Labute approximate surface area is 360 Å². The minimum absolute atomic E-state index is 0.427. The Kier molecular flexibility index (Phi) is 8.33. The molecule has 1 aliphatic carbocycles. The van der Waals surface area contributed by atoms with Gasteiger partial charge >= 0.3 is 0 Å². The molecule has 2 heteroatoms. The zero-order valence-electron chi connectivity index (χ0n) is 33.4. The summed E-state index contributed by atoms with van der Waals surface area (Å²) in [5.41, 5.74) is 15.5. The highest BCUT2D eigenvalue weighted by Crippen LogP contribution is 2.57. The van der Waals surface area contributed by atoms with E-state index in [2.05, 4.69) is 241 Å². The molecule has 0 unspecified atom stereocenters. The van der Waals surface area contributed by atoms with E-state index in [1.54, 1.807) is 0 Å². The maximum Gasteiger partial charge on any atom is 0.0713 e. The quantitative estimate of drug-likeness (QED) is 0.155. The molecule has 10 aromatic carbocycles. The molecule has 0 spiro atoms. The number of hydrogen-bond donors (Lipinski definition) is 0. The second kappa shape index (κ2) is 14.3. The Morgan fingerprint density at radius 1 is 0.328 bits per heavy atom. The summed E-state index contributed by atoms with van der Waals surface area (Å²) in [6, 6.07) is 87.2. The number of thiophene rings is 1. The van der Waals surface area contributed by atoms with Crippen molar-refractivity contribution in [2.75, 3.05) is 4.90 Å². The third kappa shape index (κ3) is 5.60. The van der Waals surface area contributed by atoms with Crippen LogP contribution in [0.1, 0.15) is 22.3 Å². The number of fused-ring (bicyclic) bond motifs is 8. The Bertz CT molecular complexity index is 3380. The topological polar surface area (TPSA) is 3.24 Å². The molecule has 0 saturated heterocycles. The highest BCUT2D eigenvalue weighted by molar-refractivity contribution is 7.27. The molecule has 61 heavy (non-hydrogen) atoms. The van der Waals surface area contributed by atoms with Crippen molar-refractivity contribution in [2.24, 2.45) is 0 Å². The van der Waals surface area contributed by atoms with Crippen molar-refractivity contribution in [1.29, 1.82) is 0 Å². The molecular formula is C59H39NS.